The number of nitrogens with zero attached hydrogens (tertiary/aromatic N) is 3. The van der Waals surface area contributed by atoms with Crippen molar-refractivity contribution >= 4 is 5.71 Å². The van der Waals surface area contributed by atoms with Crippen LogP contribution in [-0.2, 0) is 0 Å². The van der Waals surface area contributed by atoms with E-state index >= 15 is 0 Å². The Balaban J connectivity index is 2.95. The molecule has 0 saturated carbocycles. The SMILES string of the molecule is CC1=C(C)C(C#N)=N[N]1. The molecular weight excluding hydrogens is 114 g/mol. The van der Waals surface area contributed by atoms with Crippen molar-refractivity contribution in [3.63, 3.8) is 0 Å². The number of allylic oxidation sites excluding steroid dienone is 2. The molecular formula is C6H6N3. The Bertz CT molecular complexity index is 229. The molecule has 0 atom stereocenters. The summed E-state index contributed by atoms with van der Waals surface area (Å²) >= 11 is 0. The van der Waals surface area contributed by atoms with Crippen molar-refractivity contribution in [1.29, 1.82) is 5.26 Å². The summed E-state index contributed by atoms with van der Waals surface area (Å²) in [6.07, 6.45) is 0. The Morgan fingerprint density at radius 3 is 2.33 bits per heavy atom. The zero-order valence-corrected chi connectivity index (χ0v) is 5.34. The first-order valence-corrected chi connectivity index (χ1v) is 2.62. The third kappa shape index (κ3) is 0.789. The highest BCUT2D eigenvalue weighted by Crippen LogP contribution is 2.09. The summed E-state index contributed by atoms with van der Waals surface area (Å²) in [5.41, 5.74) is 5.88. The molecule has 0 unspecified atom stereocenters. The molecule has 0 aliphatic carbocycles. The van der Waals surface area contributed by atoms with Crippen molar-refractivity contribution in [3.05, 3.63) is 11.3 Å². The van der Waals surface area contributed by atoms with E-state index in [1.165, 1.54) is 0 Å². The highest BCUT2D eigenvalue weighted by atomic mass is 15.3. The summed E-state index contributed by atoms with van der Waals surface area (Å²) < 4.78 is 0. The van der Waals surface area contributed by atoms with Crippen LogP contribution in [0.3, 0.4) is 0 Å². The van der Waals surface area contributed by atoms with Gasteiger partial charge < -0.3 is 0 Å². The Morgan fingerprint density at radius 2 is 2.11 bits per heavy atom. The molecule has 0 aromatic carbocycles. The second kappa shape index (κ2) is 1.90. The van der Waals surface area contributed by atoms with Crippen LogP contribution in [0.4, 0.5) is 0 Å². The van der Waals surface area contributed by atoms with Gasteiger partial charge in [0.15, 0.2) is 5.71 Å². The van der Waals surface area contributed by atoms with E-state index in [0.29, 0.717) is 5.71 Å². The van der Waals surface area contributed by atoms with Crippen LogP contribution in [0, 0.1) is 11.3 Å². The molecule has 0 spiro atoms. The van der Waals surface area contributed by atoms with E-state index in [4.69, 9.17) is 5.26 Å². The van der Waals surface area contributed by atoms with E-state index in [0.717, 1.165) is 11.3 Å². The maximum Gasteiger partial charge on any atom is 0.167 e. The molecule has 3 nitrogen and oxygen atoms in total. The van der Waals surface area contributed by atoms with Crippen molar-refractivity contribution in [1.82, 2.24) is 5.43 Å². The van der Waals surface area contributed by atoms with Gasteiger partial charge in [0.2, 0.25) is 0 Å². The Kier molecular flexibility index (Phi) is 1.23. The van der Waals surface area contributed by atoms with E-state index < -0.39 is 0 Å². The molecule has 1 heterocycles. The number of nitriles is 1. The van der Waals surface area contributed by atoms with Crippen molar-refractivity contribution in [3.8, 4) is 6.07 Å². The second-order valence-electron chi connectivity index (χ2n) is 1.87. The average Bonchev–Trinajstić information content (AvgIpc) is 2.15. The van der Waals surface area contributed by atoms with Gasteiger partial charge >= 0.3 is 0 Å². The van der Waals surface area contributed by atoms with Gasteiger partial charge in [0.1, 0.15) is 6.07 Å². The summed E-state index contributed by atoms with van der Waals surface area (Å²) in [4.78, 5) is 0. The van der Waals surface area contributed by atoms with Crippen LogP contribution in [0.1, 0.15) is 13.8 Å². The molecule has 0 N–H and O–H groups in total. The zero-order chi connectivity index (χ0) is 6.85. The van der Waals surface area contributed by atoms with Gasteiger partial charge in [-0.15, -0.1) is 5.10 Å². The molecule has 1 rings (SSSR count). The minimum Gasteiger partial charge on any atom is -0.191 e. The smallest absolute Gasteiger partial charge is 0.167 e. The van der Waals surface area contributed by atoms with Crippen LogP contribution in [0.15, 0.2) is 16.4 Å². The van der Waals surface area contributed by atoms with E-state index in [-0.39, 0.29) is 0 Å². The highest BCUT2D eigenvalue weighted by molar-refractivity contribution is 6.12. The van der Waals surface area contributed by atoms with Gasteiger partial charge in [0.25, 0.3) is 0 Å². The summed E-state index contributed by atoms with van der Waals surface area (Å²) in [7, 11) is 0. The molecule has 1 aliphatic heterocycles. The molecule has 0 amide bonds. The minimum absolute atomic E-state index is 0.438. The molecule has 9 heavy (non-hydrogen) atoms. The van der Waals surface area contributed by atoms with Crippen LogP contribution in [0.25, 0.3) is 0 Å². The number of hydrogen-bond donors (Lipinski definition) is 0. The molecule has 0 bridgehead atoms. The fourth-order valence-corrected chi connectivity index (χ4v) is 0.553. The van der Waals surface area contributed by atoms with Crippen LogP contribution < -0.4 is 5.43 Å². The first kappa shape index (κ1) is 5.83. The molecule has 0 fully saturated rings. The Labute approximate surface area is 53.7 Å². The molecule has 1 radical (unpaired) electrons. The van der Waals surface area contributed by atoms with Crippen molar-refractivity contribution < 1.29 is 0 Å². The number of hydrogen-bond acceptors (Lipinski definition) is 2. The molecule has 1 aliphatic rings. The third-order valence-electron chi connectivity index (χ3n) is 1.30. The molecule has 0 saturated heterocycles. The quantitative estimate of drug-likeness (QED) is 0.466. The molecule has 3 heteroatoms. The van der Waals surface area contributed by atoms with Gasteiger partial charge in [-0.05, 0) is 13.8 Å². The first-order chi connectivity index (χ1) is 4.25. The first-order valence-electron chi connectivity index (χ1n) is 2.62. The average molecular weight is 120 g/mol. The highest BCUT2D eigenvalue weighted by Gasteiger charge is 2.11. The van der Waals surface area contributed by atoms with Crippen molar-refractivity contribution in [2.24, 2.45) is 5.10 Å². The predicted molar refractivity (Wildman–Crippen MR) is 33.6 cm³/mol. The predicted octanol–water partition coefficient (Wildman–Crippen LogP) is 0.778. The second-order valence-corrected chi connectivity index (χ2v) is 1.87. The normalized spacial score (nSPS) is 16.8. The third-order valence-corrected chi connectivity index (χ3v) is 1.30. The summed E-state index contributed by atoms with van der Waals surface area (Å²) in [6, 6.07) is 1.94. The monoisotopic (exact) mass is 120 g/mol. The largest absolute Gasteiger partial charge is 0.191 e. The van der Waals surface area contributed by atoms with Crippen molar-refractivity contribution in [2.75, 3.05) is 0 Å². The Hall–Kier alpha value is -1.30. The minimum atomic E-state index is 0.438. The maximum atomic E-state index is 8.38. The molecule has 0 aromatic rings. The van der Waals surface area contributed by atoms with E-state index in [2.05, 4.69) is 10.5 Å². The number of rotatable bonds is 0. The maximum absolute atomic E-state index is 8.38. The summed E-state index contributed by atoms with van der Waals surface area (Å²) in [6.45, 7) is 3.68. The molecule has 0 aromatic heterocycles. The van der Waals surface area contributed by atoms with Crippen LogP contribution in [-0.4, -0.2) is 5.71 Å². The lowest BCUT2D eigenvalue weighted by molar-refractivity contribution is 0.891. The van der Waals surface area contributed by atoms with Gasteiger partial charge in [-0.3, -0.25) is 0 Å². The fraction of sp³-hybridized carbons (Fsp3) is 0.333. The lowest BCUT2D eigenvalue weighted by Gasteiger charge is -1.86. The van der Waals surface area contributed by atoms with Gasteiger partial charge in [0, 0.05) is 5.57 Å². The lowest BCUT2D eigenvalue weighted by Crippen LogP contribution is -1.90. The van der Waals surface area contributed by atoms with Gasteiger partial charge in [-0.2, -0.15) is 10.7 Å². The topological polar surface area (TPSA) is 50.2 Å². The van der Waals surface area contributed by atoms with Gasteiger partial charge in [0.05, 0.1) is 5.70 Å². The zero-order valence-electron chi connectivity index (χ0n) is 5.34. The summed E-state index contributed by atoms with van der Waals surface area (Å²) in [5, 5.41) is 12.0. The van der Waals surface area contributed by atoms with Crippen LogP contribution in [0.2, 0.25) is 0 Å². The Morgan fingerprint density at radius 1 is 1.44 bits per heavy atom. The van der Waals surface area contributed by atoms with E-state index in [1.54, 1.807) is 0 Å². The van der Waals surface area contributed by atoms with E-state index in [9.17, 15) is 0 Å². The summed E-state index contributed by atoms with van der Waals surface area (Å²) in [5.74, 6) is 0. The molecule has 45 valence electrons. The van der Waals surface area contributed by atoms with Gasteiger partial charge in [-0.25, -0.2) is 0 Å². The standard InChI is InChI=1S/C6H6N3/c1-4-5(2)8-9-6(4)3-7/h1-2H3. The van der Waals surface area contributed by atoms with Crippen LogP contribution in [0.5, 0.6) is 0 Å². The van der Waals surface area contributed by atoms with E-state index in [1.807, 2.05) is 19.9 Å². The van der Waals surface area contributed by atoms with Gasteiger partial charge in [-0.1, -0.05) is 0 Å². The fourth-order valence-electron chi connectivity index (χ4n) is 0.553. The van der Waals surface area contributed by atoms with Crippen LogP contribution >= 0.6 is 0 Å². The van der Waals surface area contributed by atoms with Crippen molar-refractivity contribution in [2.45, 2.75) is 13.8 Å². The lowest BCUT2D eigenvalue weighted by atomic mass is 10.2.